The first-order valence-electron chi connectivity index (χ1n) is 6.30. The molecule has 17 heavy (non-hydrogen) atoms. The molecule has 2 heteroatoms. The molecule has 0 aliphatic carbocycles. The third kappa shape index (κ3) is 4.14. The lowest BCUT2D eigenvalue weighted by Crippen LogP contribution is -2.21. The summed E-state index contributed by atoms with van der Waals surface area (Å²) in [5.41, 5.74) is 2.49. The molecule has 0 aromatic heterocycles. The van der Waals surface area contributed by atoms with Crippen LogP contribution in [-0.2, 0) is 11.3 Å². The molecule has 0 aliphatic heterocycles. The van der Waals surface area contributed by atoms with E-state index < -0.39 is 0 Å². The maximum Gasteiger partial charge on any atom is 0.113 e. The Bertz CT molecular complexity index is 350. The predicted molar refractivity (Wildman–Crippen MR) is 74.2 cm³/mol. The molecule has 1 aromatic carbocycles. The van der Waals surface area contributed by atoms with E-state index in [2.05, 4.69) is 43.0 Å². The molecule has 0 radical (unpaired) electrons. The number of ether oxygens (including phenoxy) is 1. The number of hydrogen-bond donors (Lipinski definition) is 0. The van der Waals surface area contributed by atoms with Crippen LogP contribution in [0.5, 0.6) is 0 Å². The molecule has 1 aromatic rings. The van der Waals surface area contributed by atoms with Crippen molar-refractivity contribution < 1.29 is 4.74 Å². The van der Waals surface area contributed by atoms with Crippen molar-refractivity contribution in [2.24, 2.45) is 0 Å². The highest BCUT2D eigenvalue weighted by Crippen LogP contribution is 2.15. The summed E-state index contributed by atoms with van der Waals surface area (Å²) in [6.07, 6.45) is 1.98. The minimum atomic E-state index is 0.648. The fraction of sp³-hybridized carbons (Fsp3) is 0.467. The van der Waals surface area contributed by atoms with Gasteiger partial charge in [0.2, 0.25) is 0 Å². The van der Waals surface area contributed by atoms with Gasteiger partial charge in [0.1, 0.15) is 6.61 Å². The van der Waals surface area contributed by atoms with Gasteiger partial charge in [0, 0.05) is 18.8 Å². The number of anilines is 1. The quantitative estimate of drug-likeness (QED) is 0.689. The number of hydrogen-bond acceptors (Lipinski definition) is 2. The van der Waals surface area contributed by atoms with E-state index in [-0.39, 0.29) is 0 Å². The van der Waals surface area contributed by atoms with Crippen molar-refractivity contribution in [2.45, 2.75) is 34.3 Å². The van der Waals surface area contributed by atoms with Gasteiger partial charge in [0.15, 0.2) is 0 Å². The minimum absolute atomic E-state index is 0.648. The molecule has 0 aliphatic rings. The van der Waals surface area contributed by atoms with E-state index in [1.165, 1.54) is 11.3 Å². The van der Waals surface area contributed by atoms with E-state index in [9.17, 15) is 0 Å². The molecule has 1 rings (SSSR count). The normalized spacial score (nSPS) is 11.4. The third-order valence-electron chi connectivity index (χ3n) is 2.94. The van der Waals surface area contributed by atoms with Gasteiger partial charge in [-0.05, 0) is 51.5 Å². The number of benzene rings is 1. The van der Waals surface area contributed by atoms with Gasteiger partial charge in [-0.2, -0.15) is 0 Å². The zero-order valence-electron chi connectivity index (χ0n) is 11.4. The van der Waals surface area contributed by atoms with Crippen molar-refractivity contribution >= 4 is 5.69 Å². The largest absolute Gasteiger partial charge is 0.494 e. The van der Waals surface area contributed by atoms with Crippen molar-refractivity contribution in [1.82, 2.24) is 0 Å². The maximum atomic E-state index is 5.58. The number of allylic oxidation sites excluding steroid dienone is 2. The summed E-state index contributed by atoms with van der Waals surface area (Å²) in [7, 11) is 0. The van der Waals surface area contributed by atoms with Crippen LogP contribution >= 0.6 is 0 Å². The van der Waals surface area contributed by atoms with Crippen LogP contribution in [0, 0.1) is 0 Å². The summed E-state index contributed by atoms with van der Waals surface area (Å²) in [5, 5.41) is 0. The second kappa shape index (κ2) is 7.00. The molecule has 0 fully saturated rings. The monoisotopic (exact) mass is 233 g/mol. The van der Waals surface area contributed by atoms with Crippen molar-refractivity contribution in [3.63, 3.8) is 0 Å². The lowest BCUT2D eigenvalue weighted by Gasteiger charge is -2.21. The summed E-state index contributed by atoms with van der Waals surface area (Å²) in [6.45, 7) is 11.1. The summed E-state index contributed by atoms with van der Waals surface area (Å²) in [4.78, 5) is 2.34. The highest BCUT2D eigenvalue weighted by atomic mass is 16.5. The summed E-state index contributed by atoms with van der Waals surface area (Å²) >= 11 is 0. The van der Waals surface area contributed by atoms with E-state index in [0.29, 0.717) is 6.61 Å². The second-order valence-corrected chi connectivity index (χ2v) is 4.03. The third-order valence-corrected chi connectivity index (χ3v) is 2.94. The van der Waals surface area contributed by atoms with Gasteiger partial charge in [-0.25, -0.2) is 0 Å². The number of nitrogens with zero attached hydrogens (tertiary/aromatic N) is 1. The van der Waals surface area contributed by atoms with Crippen LogP contribution in [0.3, 0.4) is 0 Å². The molecule has 0 amide bonds. The van der Waals surface area contributed by atoms with Crippen LogP contribution in [0.2, 0.25) is 0 Å². The minimum Gasteiger partial charge on any atom is -0.494 e. The van der Waals surface area contributed by atoms with Crippen LogP contribution in [0.15, 0.2) is 36.1 Å². The first-order valence-corrected chi connectivity index (χ1v) is 6.30. The van der Waals surface area contributed by atoms with E-state index in [1.807, 2.05) is 19.9 Å². The molecule has 0 bridgehead atoms. The Balaban J connectivity index is 2.61. The van der Waals surface area contributed by atoms with Crippen molar-refractivity contribution in [3.05, 3.63) is 41.7 Å². The average Bonchev–Trinajstić information content (AvgIpc) is 2.38. The maximum absolute atomic E-state index is 5.58. The van der Waals surface area contributed by atoms with Crippen LogP contribution in [-0.4, -0.2) is 13.1 Å². The predicted octanol–water partition coefficient (Wildman–Crippen LogP) is 3.97. The van der Waals surface area contributed by atoms with E-state index in [1.54, 1.807) is 0 Å². The molecule has 2 nitrogen and oxygen atoms in total. The first-order chi connectivity index (χ1) is 8.21. The van der Waals surface area contributed by atoms with Crippen molar-refractivity contribution in [2.75, 3.05) is 18.0 Å². The zero-order valence-corrected chi connectivity index (χ0v) is 11.4. The van der Waals surface area contributed by atoms with E-state index in [4.69, 9.17) is 4.74 Å². The van der Waals surface area contributed by atoms with Crippen LogP contribution in [0.25, 0.3) is 0 Å². The standard InChI is InChI=1S/C15H23NO/c1-5-13(4)17-12-14-8-10-15(11-9-14)16(6-2)7-3/h5,8-11H,6-7,12H2,1-4H3. The van der Waals surface area contributed by atoms with Gasteiger partial charge >= 0.3 is 0 Å². The second-order valence-electron chi connectivity index (χ2n) is 4.03. The molecule has 0 unspecified atom stereocenters. The molecule has 94 valence electrons. The van der Waals surface area contributed by atoms with Crippen molar-refractivity contribution in [3.8, 4) is 0 Å². The van der Waals surface area contributed by atoms with Crippen LogP contribution < -0.4 is 4.90 Å². The highest BCUT2D eigenvalue weighted by Gasteiger charge is 2.01. The summed E-state index contributed by atoms with van der Waals surface area (Å²) < 4.78 is 5.58. The Morgan fingerprint density at radius 2 is 1.76 bits per heavy atom. The fourth-order valence-corrected chi connectivity index (χ4v) is 1.67. The number of rotatable bonds is 6. The zero-order chi connectivity index (χ0) is 12.7. The van der Waals surface area contributed by atoms with E-state index in [0.717, 1.165) is 18.8 Å². The van der Waals surface area contributed by atoms with Gasteiger partial charge in [-0.15, -0.1) is 0 Å². The molecule has 0 N–H and O–H groups in total. The summed E-state index contributed by atoms with van der Waals surface area (Å²) in [6, 6.07) is 8.60. The smallest absolute Gasteiger partial charge is 0.113 e. The topological polar surface area (TPSA) is 12.5 Å². The van der Waals surface area contributed by atoms with E-state index >= 15 is 0 Å². The van der Waals surface area contributed by atoms with Gasteiger partial charge in [-0.3, -0.25) is 0 Å². The van der Waals surface area contributed by atoms with Gasteiger partial charge in [0.25, 0.3) is 0 Å². The fourth-order valence-electron chi connectivity index (χ4n) is 1.67. The lowest BCUT2D eigenvalue weighted by atomic mass is 10.2. The Morgan fingerprint density at radius 3 is 2.24 bits per heavy atom. The molecular formula is C15H23NO. The Morgan fingerprint density at radius 1 is 1.18 bits per heavy atom. The molecule has 0 spiro atoms. The Labute approximate surface area is 105 Å². The van der Waals surface area contributed by atoms with Crippen molar-refractivity contribution in [1.29, 1.82) is 0 Å². The average molecular weight is 233 g/mol. The lowest BCUT2D eigenvalue weighted by molar-refractivity contribution is 0.200. The van der Waals surface area contributed by atoms with Gasteiger partial charge in [-0.1, -0.05) is 12.1 Å². The molecule has 0 saturated carbocycles. The molecule has 0 saturated heterocycles. The van der Waals surface area contributed by atoms with Crippen LogP contribution in [0.1, 0.15) is 33.3 Å². The Hall–Kier alpha value is -1.44. The highest BCUT2D eigenvalue weighted by molar-refractivity contribution is 5.47. The van der Waals surface area contributed by atoms with Crippen LogP contribution in [0.4, 0.5) is 5.69 Å². The molecule has 0 atom stereocenters. The summed E-state index contributed by atoms with van der Waals surface area (Å²) in [5.74, 6) is 0.970. The van der Waals surface area contributed by atoms with Gasteiger partial charge < -0.3 is 9.64 Å². The first kappa shape index (κ1) is 13.6. The van der Waals surface area contributed by atoms with Gasteiger partial charge in [0.05, 0.1) is 5.76 Å². The Kier molecular flexibility index (Phi) is 5.61. The molecule has 0 heterocycles. The molecular weight excluding hydrogens is 210 g/mol. The SMILES string of the molecule is CC=C(C)OCc1ccc(N(CC)CC)cc1.